The van der Waals surface area contributed by atoms with Gasteiger partial charge in [-0.25, -0.2) is 4.39 Å². The molecule has 0 saturated carbocycles. The monoisotopic (exact) mass is 329 g/mol. The molecule has 116 valence electrons. The lowest BCUT2D eigenvalue weighted by Gasteiger charge is -2.43. The van der Waals surface area contributed by atoms with Gasteiger partial charge in [-0.15, -0.1) is 5.10 Å². The van der Waals surface area contributed by atoms with E-state index in [1.807, 2.05) is 30.3 Å². The number of nitrogens with zero attached hydrogens (tertiary/aromatic N) is 3. The summed E-state index contributed by atoms with van der Waals surface area (Å²) in [4.78, 5) is 1.73. The minimum Gasteiger partial charge on any atom is -0.403 e. The van der Waals surface area contributed by atoms with Crippen LogP contribution in [-0.2, 0) is 5.67 Å². The largest absolute Gasteiger partial charge is 0.403 e. The molecule has 1 aromatic heterocycles. The van der Waals surface area contributed by atoms with Crippen LogP contribution in [0.3, 0.4) is 0 Å². The van der Waals surface area contributed by atoms with Gasteiger partial charge in [-0.2, -0.15) is 0 Å². The van der Waals surface area contributed by atoms with E-state index in [-0.39, 0.29) is 13.1 Å². The van der Waals surface area contributed by atoms with Crippen molar-refractivity contribution >= 4 is 17.6 Å². The summed E-state index contributed by atoms with van der Waals surface area (Å²) in [5.41, 5.74) is 0.0450. The van der Waals surface area contributed by atoms with E-state index < -0.39 is 5.67 Å². The summed E-state index contributed by atoms with van der Waals surface area (Å²) in [7, 11) is 0. The fourth-order valence-corrected chi connectivity index (χ4v) is 2.89. The van der Waals surface area contributed by atoms with Gasteiger partial charge in [0.25, 0.3) is 0 Å². The van der Waals surface area contributed by atoms with Gasteiger partial charge < -0.3 is 9.32 Å². The lowest BCUT2D eigenvalue weighted by Crippen LogP contribution is -2.57. The highest BCUT2D eigenvalue weighted by Gasteiger charge is 2.47. The molecule has 23 heavy (non-hydrogen) atoms. The zero-order chi connectivity index (χ0) is 15.9. The summed E-state index contributed by atoms with van der Waals surface area (Å²) < 4.78 is 20.4. The van der Waals surface area contributed by atoms with Crippen LogP contribution in [0.4, 0.5) is 10.4 Å². The molecular formula is C17H13ClFN3O. The van der Waals surface area contributed by atoms with Crippen LogP contribution in [0.2, 0.25) is 5.02 Å². The molecule has 1 saturated heterocycles. The molecule has 2 heterocycles. The van der Waals surface area contributed by atoms with Crippen molar-refractivity contribution in [2.75, 3.05) is 18.0 Å². The van der Waals surface area contributed by atoms with Gasteiger partial charge >= 0.3 is 6.01 Å². The van der Waals surface area contributed by atoms with Crippen molar-refractivity contribution < 1.29 is 8.81 Å². The Hall–Kier alpha value is -2.40. The third kappa shape index (κ3) is 2.57. The van der Waals surface area contributed by atoms with Gasteiger partial charge in [-0.3, -0.25) is 0 Å². The third-order valence-corrected chi connectivity index (χ3v) is 4.17. The predicted molar refractivity (Wildman–Crippen MR) is 86.2 cm³/mol. The van der Waals surface area contributed by atoms with Crippen molar-refractivity contribution in [3.8, 4) is 11.5 Å². The molecule has 4 nitrogen and oxygen atoms in total. The zero-order valence-corrected chi connectivity index (χ0v) is 12.9. The van der Waals surface area contributed by atoms with E-state index in [9.17, 15) is 4.39 Å². The molecule has 0 bridgehead atoms. The van der Waals surface area contributed by atoms with E-state index in [4.69, 9.17) is 16.0 Å². The Morgan fingerprint density at radius 1 is 1.04 bits per heavy atom. The predicted octanol–water partition coefficient (Wildman–Crippen LogP) is 4.08. The van der Waals surface area contributed by atoms with Crippen LogP contribution >= 0.6 is 11.6 Å². The average Bonchev–Trinajstić information content (AvgIpc) is 3.02. The first-order chi connectivity index (χ1) is 11.1. The first kappa shape index (κ1) is 14.2. The van der Waals surface area contributed by atoms with Crippen molar-refractivity contribution in [2.45, 2.75) is 5.67 Å². The van der Waals surface area contributed by atoms with E-state index in [1.54, 1.807) is 29.2 Å². The van der Waals surface area contributed by atoms with Gasteiger partial charge in [0, 0.05) is 10.6 Å². The second-order valence-electron chi connectivity index (χ2n) is 5.59. The average molecular weight is 330 g/mol. The smallest absolute Gasteiger partial charge is 0.318 e. The summed E-state index contributed by atoms with van der Waals surface area (Å²) in [6, 6.07) is 16.6. The molecule has 0 unspecified atom stereocenters. The second kappa shape index (κ2) is 5.35. The van der Waals surface area contributed by atoms with Crippen LogP contribution in [-0.4, -0.2) is 23.3 Å². The Morgan fingerprint density at radius 3 is 2.57 bits per heavy atom. The van der Waals surface area contributed by atoms with E-state index in [0.717, 1.165) is 5.56 Å². The Labute approximate surface area is 137 Å². The van der Waals surface area contributed by atoms with Gasteiger partial charge in [0.05, 0.1) is 13.1 Å². The van der Waals surface area contributed by atoms with E-state index >= 15 is 0 Å². The molecule has 6 heteroatoms. The highest BCUT2D eigenvalue weighted by atomic mass is 35.5. The number of hydrogen-bond donors (Lipinski definition) is 0. The molecule has 0 spiro atoms. The Balaban J connectivity index is 1.51. The Bertz CT molecular complexity index is 831. The van der Waals surface area contributed by atoms with Crippen molar-refractivity contribution in [2.24, 2.45) is 0 Å². The molecule has 0 N–H and O–H groups in total. The van der Waals surface area contributed by atoms with Gasteiger partial charge in [-0.1, -0.05) is 53.1 Å². The highest BCUT2D eigenvalue weighted by molar-refractivity contribution is 6.30. The van der Waals surface area contributed by atoms with Crippen LogP contribution in [0.1, 0.15) is 5.56 Å². The summed E-state index contributed by atoms with van der Waals surface area (Å²) in [5, 5.41) is 8.61. The van der Waals surface area contributed by atoms with Gasteiger partial charge in [-0.05, 0) is 23.8 Å². The maximum Gasteiger partial charge on any atom is 0.318 e. The lowest BCUT2D eigenvalue weighted by molar-refractivity contribution is 0.114. The molecule has 3 aromatic rings. The maximum absolute atomic E-state index is 14.8. The Kier molecular flexibility index (Phi) is 3.31. The van der Waals surface area contributed by atoms with Gasteiger partial charge in [0.1, 0.15) is 0 Å². The van der Waals surface area contributed by atoms with Gasteiger partial charge in [0.15, 0.2) is 5.67 Å². The first-order valence-corrected chi connectivity index (χ1v) is 7.61. The van der Waals surface area contributed by atoms with Crippen molar-refractivity contribution in [1.29, 1.82) is 0 Å². The van der Waals surface area contributed by atoms with Crippen LogP contribution in [0.15, 0.2) is 59.0 Å². The normalized spacial score (nSPS) is 16.2. The SMILES string of the molecule is FC1(c2ccccc2)CN(c2nnc(-c3cccc(Cl)c3)o2)C1. The number of alkyl halides is 1. The molecule has 1 fully saturated rings. The number of halogens is 2. The first-order valence-electron chi connectivity index (χ1n) is 7.23. The van der Waals surface area contributed by atoms with E-state index in [2.05, 4.69) is 10.2 Å². The minimum atomic E-state index is -1.37. The minimum absolute atomic E-state index is 0.203. The fraction of sp³-hybridized carbons (Fsp3) is 0.176. The van der Waals surface area contributed by atoms with Crippen LogP contribution in [0.5, 0.6) is 0 Å². The van der Waals surface area contributed by atoms with Crippen molar-refractivity contribution in [1.82, 2.24) is 10.2 Å². The lowest BCUT2D eigenvalue weighted by atomic mass is 9.88. The molecule has 0 amide bonds. The maximum atomic E-state index is 14.8. The third-order valence-electron chi connectivity index (χ3n) is 3.93. The van der Waals surface area contributed by atoms with Crippen LogP contribution in [0, 0.1) is 0 Å². The number of rotatable bonds is 3. The van der Waals surface area contributed by atoms with Crippen molar-refractivity contribution in [3.63, 3.8) is 0 Å². The second-order valence-corrected chi connectivity index (χ2v) is 6.02. The number of benzene rings is 2. The summed E-state index contributed by atoms with van der Waals surface area (Å²) in [5.74, 6) is 0.374. The van der Waals surface area contributed by atoms with E-state index in [1.165, 1.54) is 0 Å². The topological polar surface area (TPSA) is 42.2 Å². The molecule has 1 aliphatic rings. The number of hydrogen-bond acceptors (Lipinski definition) is 4. The summed E-state index contributed by atoms with van der Waals surface area (Å²) >= 11 is 5.96. The van der Waals surface area contributed by atoms with Crippen LogP contribution < -0.4 is 4.90 Å². The quantitative estimate of drug-likeness (QED) is 0.726. The summed E-state index contributed by atoms with van der Waals surface area (Å²) in [6.45, 7) is 0.405. The zero-order valence-electron chi connectivity index (χ0n) is 12.1. The number of aromatic nitrogens is 2. The van der Waals surface area contributed by atoms with E-state index in [0.29, 0.717) is 22.5 Å². The molecule has 0 atom stereocenters. The molecule has 2 aromatic carbocycles. The standard InChI is InChI=1S/C17H13ClFN3O/c18-14-8-4-5-12(9-14)15-20-21-16(23-15)22-10-17(19,11-22)13-6-2-1-3-7-13/h1-9H,10-11H2. The Morgan fingerprint density at radius 2 is 1.83 bits per heavy atom. The van der Waals surface area contributed by atoms with Gasteiger partial charge in [0.2, 0.25) is 5.89 Å². The molecule has 1 aliphatic heterocycles. The molecule has 0 radical (unpaired) electrons. The van der Waals surface area contributed by atoms with Crippen molar-refractivity contribution in [3.05, 3.63) is 65.2 Å². The number of anilines is 1. The molecule has 4 rings (SSSR count). The fourth-order valence-electron chi connectivity index (χ4n) is 2.69. The summed E-state index contributed by atoms with van der Waals surface area (Å²) in [6.07, 6.45) is 0. The highest BCUT2D eigenvalue weighted by Crippen LogP contribution is 2.38. The molecular weight excluding hydrogens is 317 g/mol. The molecule has 0 aliphatic carbocycles. The van der Waals surface area contributed by atoms with Crippen LogP contribution in [0.25, 0.3) is 11.5 Å².